The molecule has 11 heteroatoms. The summed E-state index contributed by atoms with van der Waals surface area (Å²) >= 11 is 0. The molecule has 4 heterocycles. The standard InChI is InChI=1S/C21H26N8O3/c1-20(2,3)13-29-17-14(11-23-15(10-22)24-17)4-7-28(29)12-16(30)27-8-5-21(6-9-27)18(31)25-19(32)26-21/h4,7,11H,5-6,8-9,12-13H2,1-3H3,(H2,25,26,31,32). The number of imide groups is 1. The number of nitrogens with one attached hydrogen (secondary N) is 2. The van der Waals surface area contributed by atoms with E-state index in [1.165, 1.54) is 0 Å². The largest absolute Gasteiger partial charge is 0.341 e. The number of hydrogen-bond donors (Lipinski definition) is 2. The zero-order valence-corrected chi connectivity index (χ0v) is 18.4. The first kappa shape index (κ1) is 21.5. The number of urea groups is 1. The van der Waals surface area contributed by atoms with Gasteiger partial charge < -0.3 is 10.2 Å². The zero-order chi connectivity index (χ0) is 23.1. The number of nitrogens with zero attached hydrogens (tertiary/aromatic N) is 6. The maximum atomic E-state index is 13.1. The van der Waals surface area contributed by atoms with Crippen molar-refractivity contribution in [1.29, 1.82) is 5.26 Å². The summed E-state index contributed by atoms with van der Waals surface area (Å²) in [5.74, 6) is 0.243. The van der Waals surface area contributed by atoms with Crippen molar-refractivity contribution in [3.8, 4) is 6.07 Å². The van der Waals surface area contributed by atoms with Crippen molar-refractivity contribution in [2.75, 3.05) is 31.2 Å². The minimum absolute atomic E-state index is 0.0717. The van der Waals surface area contributed by atoms with Crippen LogP contribution < -0.4 is 15.6 Å². The summed E-state index contributed by atoms with van der Waals surface area (Å²) in [5, 5.41) is 17.9. The number of likely N-dealkylation sites (tertiary alicyclic amines) is 1. The Morgan fingerprint density at radius 2 is 2.00 bits per heavy atom. The predicted octanol–water partition coefficient (Wildman–Crippen LogP) is 0.603. The first-order chi connectivity index (χ1) is 15.1. The minimum atomic E-state index is -0.916. The highest BCUT2D eigenvalue weighted by Gasteiger charge is 2.48. The molecular weight excluding hydrogens is 412 g/mol. The van der Waals surface area contributed by atoms with Gasteiger partial charge in [0.25, 0.3) is 5.91 Å². The molecule has 0 bridgehead atoms. The highest BCUT2D eigenvalue weighted by Crippen LogP contribution is 2.30. The van der Waals surface area contributed by atoms with E-state index < -0.39 is 11.6 Å². The maximum Gasteiger partial charge on any atom is 0.322 e. The average Bonchev–Trinajstić information content (AvgIpc) is 3.01. The van der Waals surface area contributed by atoms with E-state index >= 15 is 0 Å². The number of aromatic nitrogens is 2. The van der Waals surface area contributed by atoms with Crippen molar-refractivity contribution in [3.05, 3.63) is 23.8 Å². The van der Waals surface area contributed by atoms with Gasteiger partial charge in [0.15, 0.2) is 5.82 Å². The Hall–Kier alpha value is -3.68. The van der Waals surface area contributed by atoms with E-state index in [9.17, 15) is 19.6 Å². The minimum Gasteiger partial charge on any atom is -0.341 e. The fourth-order valence-electron chi connectivity index (χ4n) is 4.14. The molecule has 0 aliphatic carbocycles. The number of rotatable bonds is 3. The predicted molar refractivity (Wildman–Crippen MR) is 115 cm³/mol. The van der Waals surface area contributed by atoms with Crippen LogP contribution in [0.1, 0.15) is 45.0 Å². The van der Waals surface area contributed by atoms with Crippen molar-refractivity contribution in [3.63, 3.8) is 0 Å². The smallest absolute Gasteiger partial charge is 0.322 e. The first-order valence-electron chi connectivity index (χ1n) is 10.5. The number of carbonyl (C=O) groups is 3. The number of carbonyl (C=O) groups excluding carboxylic acids is 3. The zero-order valence-electron chi connectivity index (χ0n) is 18.4. The van der Waals surface area contributed by atoms with Crippen LogP contribution in [0.2, 0.25) is 0 Å². The van der Waals surface area contributed by atoms with E-state index in [1.807, 2.05) is 23.4 Å². The van der Waals surface area contributed by atoms with E-state index in [4.69, 9.17) is 0 Å². The van der Waals surface area contributed by atoms with Gasteiger partial charge in [0.1, 0.15) is 18.2 Å². The molecule has 0 aromatic carbocycles. The highest BCUT2D eigenvalue weighted by molar-refractivity contribution is 6.07. The third-order valence-corrected chi connectivity index (χ3v) is 5.78. The van der Waals surface area contributed by atoms with Crippen LogP contribution in [0.5, 0.6) is 0 Å². The number of piperidine rings is 1. The lowest BCUT2D eigenvalue weighted by Gasteiger charge is -2.42. The number of nitriles is 1. The number of hydrazine groups is 1. The second-order valence-corrected chi connectivity index (χ2v) is 9.49. The monoisotopic (exact) mass is 438 g/mol. The van der Waals surface area contributed by atoms with Crippen LogP contribution in [-0.2, 0) is 9.59 Å². The van der Waals surface area contributed by atoms with Crippen LogP contribution in [-0.4, -0.2) is 69.4 Å². The molecule has 4 rings (SSSR count). The van der Waals surface area contributed by atoms with Gasteiger partial charge in [-0.25, -0.2) is 9.78 Å². The van der Waals surface area contributed by atoms with Crippen molar-refractivity contribution in [2.24, 2.45) is 5.41 Å². The number of hydrogen-bond acceptors (Lipinski definition) is 8. The van der Waals surface area contributed by atoms with Gasteiger partial charge in [-0.1, -0.05) is 20.8 Å². The summed E-state index contributed by atoms with van der Waals surface area (Å²) < 4.78 is 0. The van der Waals surface area contributed by atoms with Gasteiger partial charge in [0.05, 0.1) is 0 Å². The van der Waals surface area contributed by atoms with Crippen molar-refractivity contribution in [2.45, 2.75) is 39.2 Å². The summed E-state index contributed by atoms with van der Waals surface area (Å²) in [6.45, 7) is 7.67. The highest BCUT2D eigenvalue weighted by atomic mass is 16.2. The van der Waals surface area contributed by atoms with Gasteiger partial charge in [-0.15, -0.1) is 0 Å². The Morgan fingerprint density at radius 3 is 2.59 bits per heavy atom. The van der Waals surface area contributed by atoms with Gasteiger partial charge in [-0.05, 0) is 24.3 Å². The first-order valence-corrected chi connectivity index (χ1v) is 10.5. The molecule has 0 unspecified atom stereocenters. The summed E-state index contributed by atoms with van der Waals surface area (Å²) in [4.78, 5) is 46.9. The quantitative estimate of drug-likeness (QED) is 0.655. The van der Waals surface area contributed by atoms with E-state index in [-0.39, 0.29) is 29.6 Å². The van der Waals surface area contributed by atoms with Gasteiger partial charge in [0.2, 0.25) is 11.7 Å². The van der Waals surface area contributed by atoms with E-state index in [0.717, 1.165) is 5.56 Å². The molecule has 3 aliphatic heterocycles. The topological polar surface area (TPSA) is 135 Å². The lowest BCUT2D eigenvalue weighted by molar-refractivity contribution is -0.136. The van der Waals surface area contributed by atoms with Gasteiger partial charge in [0, 0.05) is 37.6 Å². The molecule has 4 amide bonds. The molecule has 1 aromatic rings. The molecule has 2 fully saturated rings. The molecule has 0 radical (unpaired) electrons. The van der Waals surface area contributed by atoms with Gasteiger partial charge in [-0.2, -0.15) is 10.2 Å². The molecule has 2 N–H and O–H groups in total. The average molecular weight is 438 g/mol. The fourth-order valence-corrected chi connectivity index (χ4v) is 4.14. The summed E-state index contributed by atoms with van der Waals surface area (Å²) in [6, 6.07) is 1.49. The fraction of sp³-hybridized carbons (Fsp3) is 0.524. The second-order valence-electron chi connectivity index (χ2n) is 9.49. The lowest BCUT2D eigenvalue weighted by Crippen LogP contribution is -2.57. The summed E-state index contributed by atoms with van der Waals surface area (Å²) in [7, 11) is 0. The summed E-state index contributed by atoms with van der Waals surface area (Å²) in [6.07, 6.45) is 6.00. The van der Waals surface area contributed by atoms with Crippen LogP contribution in [0.3, 0.4) is 0 Å². The third kappa shape index (κ3) is 4.08. The number of amides is 4. The van der Waals surface area contributed by atoms with Crippen molar-refractivity contribution < 1.29 is 14.4 Å². The molecule has 1 spiro atoms. The Balaban J connectivity index is 1.49. The van der Waals surface area contributed by atoms with E-state index in [2.05, 4.69) is 41.4 Å². The molecule has 1 aromatic heterocycles. The van der Waals surface area contributed by atoms with Crippen molar-refractivity contribution >= 4 is 29.7 Å². The van der Waals surface area contributed by atoms with Gasteiger partial charge >= 0.3 is 6.03 Å². The molecule has 2 saturated heterocycles. The van der Waals surface area contributed by atoms with Crippen LogP contribution in [0.4, 0.5) is 10.6 Å². The van der Waals surface area contributed by atoms with E-state index in [0.29, 0.717) is 38.3 Å². The van der Waals surface area contributed by atoms with Crippen LogP contribution in [0, 0.1) is 16.7 Å². The molecule has 32 heavy (non-hydrogen) atoms. The lowest BCUT2D eigenvalue weighted by atomic mass is 9.87. The normalized spacial score (nSPS) is 19.5. The number of fused-ring (bicyclic) bond motifs is 1. The Bertz CT molecular complexity index is 1030. The molecule has 11 nitrogen and oxygen atoms in total. The Labute approximate surface area is 186 Å². The van der Waals surface area contributed by atoms with Crippen LogP contribution in [0.25, 0.3) is 6.08 Å². The number of anilines is 1. The third-order valence-electron chi connectivity index (χ3n) is 5.78. The van der Waals surface area contributed by atoms with Crippen molar-refractivity contribution in [1.82, 2.24) is 30.5 Å². The van der Waals surface area contributed by atoms with Crippen LogP contribution >= 0.6 is 0 Å². The molecular formula is C21H26N8O3. The SMILES string of the molecule is CC(C)(C)CN1c2nc(C#N)ncc2C=CN1CC(=O)N1CCC2(CC1)NC(=O)NC2=O. The van der Waals surface area contributed by atoms with E-state index in [1.54, 1.807) is 16.1 Å². The molecule has 3 aliphatic rings. The Kier molecular flexibility index (Phi) is 5.24. The molecule has 168 valence electrons. The maximum absolute atomic E-state index is 13.1. The Morgan fingerprint density at radius 1 is 1.28 bits per heavy atom. The van der Waals surface area contributed by atoms with Gasteiger partial charge in [-0.3, -0.25) is 24.9 Å². The molecule has 0 saturated carbocycles. The molecule has 0 atom stereocenters. The van der Waals surface area contributed by atoms with Crippen LogP contribution in [0.15, 0.2) is 12.4 Å². The second kappa shape index (κ2) is 7.78. The summed E-state index contributed by atoms with van der Waals surface area (Å²) in [5.41, 5.74) is -0.242.